The second-order valence-electron chi connectivity index (χ2n) is 6.48. The van der Waals surface area contributed by atoms with Crippen LogP contribution in [0.3, 0.4) is 0 Å². The van der Waals surface area contributed by atoms with Gasteiger partial charge in [0.2, 0.25) is 0 Å². The van der Waals surface area contributed by atoms with Crippen molar-refractivity contribution in [3.63, 3.8) is 0 Å². The molecule has 0 bridgehead atoms. The minimum atomic E-state index is 0.105. The van der Waals surface area contributed by atoms with E-state index in [1.807, 2.05) is 12.1 Å². The van der Waals surface area contributed by atoms with Gasteiger partial charge in [0.25, 0.3) is 0 Å². The van der Waals surface area contributed by atoms with Crippen LogP contribution in [0.2, 0.25) is 0 Å². The lowest BCUT2D eigenvalue weighted by Gasteiger charge is -2.20. The van der Waals surface area contributed by atoms with Gasteiger partial charge in [0, 0.05) is 18.6 Å². The zero-order chi connectivity index (χ0) is 15.3. The topological polar surface area (TPSA) is 41.3 Å². The SMILES string of the molecule is CN(Cc1cccc(CNC(C)(C)C)n1)Cc1ccco1. The normalized spacial score (nSPS) is 12.0. The Balaban J connectivity index is 1.91. The van der Waals surface area contributed by atoms with E-state index >= 15 is 0 Å². The molecule has 21 heavy (non-hydrogen) atoms. The molecule has 0 aliphatic rings. The highest BCUT2D eigenvalue weighted by Crippen LogP contribution is 2.09. The number of nitrogens with one attached hydrogen (secondary N) is 1. The molecule has 2 rings (SSSR count). The minimum Gasteiger partial charge on any atom is -0.468 e. The molecule has 1 N–H and O–H groups in total. The predicted molar refractivity (Wildman–Crippen MR) is 84.7 cm³/mol. The molecule has 0 saturated heterocycles. The highest BCUT2D eigenvalue weighted by molar-refractivity contribution is 5.11. The molecule has 0 radical (unpaired) electrons. The van der Waals surface area contributed by atoms with Crippen LogP contribution in [0.5, 0.6) is 0 Å². The first-order valence-electron chi connectivity index (χ1n) is 7.33. The summed E-state index contributed by atoms with van der Waals surface area (Å²) in [5.41, 5.74) is 2.26. The lowest BCUT2D eigenvalue weighted by atomic mass is 10.1. The first kappa shape index (κ1) is 15.7. The van der Waals surface area contributed by atoms with Crippen molar-refractivity contribution in [1.82, 2.24) is 15.2 Å². The molecule has 0 spiro atoms. The Kier molecular flexibility index (Phi) is 5.15. The van der Waals surface area contributed by atoms with Crippen LogP contribution in [0.15, 0.2) is 41.0 Å². The van der Waals surface area contributed by atoms with Gasteiger partial charge < -0.3 is 9.73 Å². The Morgan fingerprint density at radius 1 is 1.10 bits per heavy atom. The van der Waals surface area contributed by atoms with E-state index in [9.17, 15) is 0 Å². The molecule has 2 aromatic rings. The second-order valence-corrected chi connectivity index (χ2v) is 6.48. The van der Waals surface area contributed by atoms with Crippen molar-refractivity contribution in [3.8, 4) is 0 Å². The zero-order valence-corrected chi connectivity index (χ0v) is 13.4. The van der Waals surface area contributed by atoms with Crippen molar-refractivity contribution in [3.05, 3.63) is 53.7 Å². The van der Waals surface area contributed by atoms with Crippen LogP contribution in [0, 0.1) is 0 Å². The number of aromatic nitrogens is 1. The van der Waals surface area contributed by atoms with Crippen molar-refractivity contribution in [2.75, 3.05) is 7.05 Å². The van der Waals surface area contributed by atoms with Gasteiger partial charge in [-0.25, -0.2) is 0 Å². The van der Waals surface area contributed by atoms with Crippen molar-refractivity contribution in [2.24, 2.45) is 0 Å². The molecule has 0 saturated carbocycles. The van der Waals surface area contributed by atoms with Crippen molar-refractivity contribution in [1.29, 1.82) is 0 Å². The first-order valence-corrected chi connectivity index (χ1v) is 7.33. The number of hydrogen-bond donors (Lipinski definition) is 1. The van der Waals surface area contributed by atoms with Crippen LogP contribution in [0.25, 0.3) is 0 Å². The largest absolute Gasteiger partial charge is 0.468 e. The van der Waals surface area contributed by atoms with E-state index in [2.05, 4.69) is 56.2 Å². The minimum absolute atomic E-state index is 0.105. The second kappa shape index (κ2) is 6.87. The average molecular weight is 287 g/mol. The van der Waals surface area contributed by atoms with Crippen molar-refractivity contribution >= 4 is 0 Å². The molecule has 0 aliphatic carbocycles. The third kappa shape index (κ3) is 5.69. The van der Waals surface area contributed by atoms with E-state index in [1.165, 1.54) is 0 Å². The van der Waals surface area contributed by atoms with Gasteiger partial charge in [-0.05, 0) is 52.1 Å². The Hall–Kier alpha value is -1.65. The maximum absolute atomic E-state index is 5.37. The summed E-state index contributed by atoms with van der Waals surface area (Å²) in [6.45, 7) is 8.87. The average Bonchev–Trinajstić information content (AvgIpc) is 2.88. The number of furan rings is 1. The lowest BCUT2D eigenvalue weighted by Crippen LogP contribution is -2.35. The van der Waals surface area contributed by atoms with E-state index < -0.39 is 0 Å². The van der Waals surface area contributed by atoms with Crippen LogP contribution in [-0.4, -0.2) is 22.5 Å². The molecule has 0 unspecified atom stereocenters. The van der Waals surface area contributed by atoms with Gasteiger partial charge in [0.1, 0.15) is 5.76 Å². The molecule has 114 valence electrons. The highest BCUT2D eigenvalue weighted by Gasteiger charge is 2.10. The summed E-state index contributed by atoms with van der Waals surface area (Å²) in [4.78, 5) is 6.91. The highest BCUT2D eigenvalue weighted by atomic mass is 16.3. The third-order valence-electron chi connectivity index (χ3n) is 3.10. The zero-order valence-electron chi connectivity index (χ0n) is 13.4. The Morgan fingerprint density at radius 3 is 2.52 bits per heavy atom. The predicted octanol–water partition coefficient (Wildman–Crippen LogP) is 3.19. The molecular formula is C17H25N3O. The van der Waals surface area contributed by atoms with E-state index in [0.717, 1.165) is 36.8 Å². The van der Waals surface area contributed by atoms with Crippen LogP contribution in [0.1, 0.15) is 37.9 Å². The lowest BCUT2D eigenvalue weighted by molar-refractivity contribution is 0.284. The monoisotopic (exact) mass is 287 g/mol. The molecule has 2 aromatic heterocycles. The third-order valence-corrected chi connectivity index (χ3v) is 3.10. The van der Waals surface area contributed by atoms with Gasteiger partial charge in [-0.1, -0.05) is 6.07 Å². The summed E-state index contributed by atoms with van der Waals surface area (Å²) in [6, 6.07) is 10.1. The van der Waals surface area contributed by atoms with Crippen molar-refractivity contribution in [2.45, 2.75) is 45.9 Å². The fourth-order valence-corrected chi connectivity index (χ4v) is 2.07. The molecule has 0 aliphatic heterocycles. The molecule has 0 atom stereocenters. The van der Waals surface area contributed by atoms with Gasteiger partial charge in [-0.3, -0.25) is 9.88 Å². The van der Waals surface area contributed by atoms with E-state index in [1.54, 1.807) is 6.26 Å². The number of rotatable bonds is 6. The van der Waals surface area contributed by atoms with E-state index in [0.29, 0.717) is 0 Å². The molecular weight excluding hydrogens is 262 g/mol. The van der Waals surface area contributed by atoms with E-state index in [-0.39, 0.29) is 5.54 Å². The summed E-state index contributed by atoms with van der Waals surface area (Å²) in [5, 5.41) is 3.46. The van der Waals surface area contributed by atoms with Gasteiger partial charge >= 0.3 is 0 Å². The maximum atomic E-state index is 5.37. The Morgan fingerprint density at radius 2 is 1.86 bits per heavy atom. The Bertz CT molecular complexity index is 543. The van der Waals surface area contributed by atoms with Crippen LogP contribution < -0.4 is 5.32 Å². The number of hydrogen-bond acceptors (Lipinski definition) is 4. The first-order chi connectivity index (χ1) is 9.92. The van der Waals surface area contributed by atoms with Gasteiger partial charge in [-0.2, -0.15) is 0 Å². The molecule has 0 aromatic carbocycles. The van der Waals surface area contributed by atoms with Crippen LogP contribution >= 0.6 is 0 Å². The van der Waals surface area contributed by atoms with Crippen LogP contribution in [0.4, 0.5) is 0 Å². The summed E-state index contributed by atoms with van der Waals surface area (Å²) in [5.74, 6) is 0.975. The smallest absolute Gasteiger partial charge is 0.117 e. The fraction of sp³-hybridized carbons (Fsp3) is 0.471. The molecule has 2 heterocycles. The standard InChI is InChI=1S/C17H25N3O/c1-17(2,3)18-11-14-7-5-8-15(19-14)12-20(4)13-16-9-6-10-21-16/h5-10,18H,11-13H2,1-4H3. The van der Waals surface area contributed by atoms with E-state index in [4.69, 9.17) is 9.40 Å². The van der Waals surface area contributed by atoms with Gasteiger partial charge in [0.15, 0.2) is 0 Å². The summed E-state index contributed by atoms with van der Waals surface area (Å²) >= 11 is 0. The van der Waals surface area contributed by atoms with Gasteiger partial charge in [0.05, 0.1) is 24.2 Å². The van der Waals surface area contributed by atoms with Crippen LogP contribution in [-0.2, 0) is 19.6 Å². The molecule has 4 heteroatoms. The summed E-state index contributed by atoms with van der Waals surface area (Å²) in [6.07, 6.45) is 1.71. The fourth-order valence-electron chi connectivity index (χ4n) is 2.07. The Labute approximate surface area is 127 Å². The molecule has 0 amide bonds. The molecule has 0 fully saturated rings. The number of nitrogens with zero attached hydrogens (tertiary/aromatic N) is 2. The quantitative estimate of drug-likeness (QED) is 0.886. The summed E-state index contributed by atoms with van der Waals surface area (Å²) < 4.78 is 5.37. The number of pyridine rings is 1. The van der Waals surface area contributed by atoms with Crippen molar-refractivity contribution < 1.29 is 4.42 Å². The summed E-state index contributed by atoms with van der Waals surface area (Å²) in [7, 11) is 2.07. The maximum Gasteiger partial charge on any atom is 0.117 e. The molecule has 4 nitrogen and oxygen atoms in total. The van der Waals surface area contributed by atoms with Gasteiger partial charge in [-0.15, -0.1) is 0 Å².